The Morgan fingerprint density at radius 2 is 2.19 bits per heavy atom. The molecule has 0 saturated heterocycles. The van der Waals surface area contributed by atoms with Crippen LogP contribution in [0.25, 0.3) is 0 Å². The van der Waals surface area contributed by atoms with Crippen LogP contribution < -0.4 is 0 Å². The first-order valence-electron chi connectivity index (χ1n) is 5.85. The smallest absolute Gasteiger partial charge is 0.0573 e. The largest absolute Gasteiger partial charge is 0.295 e. The van der Waals surface area contributed by atoms with Crippen molar-refractivity contribution >= 4 is 15.9 Å². The van der Waals surface area contributed by atoms with Crippen LogP contribution >= 0.6 is 15.9 Å². The molecule has 0 bridgehead atoms. The van der Waals surface area contributed by atoms with Crippen LogP contribution in [0.2, 0.25) is 0 Å². The van der Waals surface area contributed by atoms with Crippen molar-refractivity contribution in [3.8, 4) is 0 Å². The van der Waals surface area contributed by atoms with Crippen molar-refractivity contribution in [1.82, 2.24) is 9.88 Å². The molecule has 1 aromatic rings. The van der Waals surface area contributed by atoms with Gasteiger partial charge in [0.25, 0.3) is 0 Å². The maximum absolute atomic E-state index is 4.46. The van der Waals surface area contributed by atoms with E-state index >= 15 is 0 Å². The fourth-order valence-electron chi connectivity index (χ4n) is 1.66. The SMILES string of the molecule is Cc1cccnc1CN(CCCBr)C(C)C. The Morgan fingerprint density at radius 3 is 2.75 bits per heavy atom. The quantitative estimate of drug-likeness (QED) is 0.745. The molecule has 0 amide bonds. The molecule has 0 aliphatic carbocycles. The fraction of sp³-hybridized carbons (Fsp3) is 0.615. The van der Waals surface area contributed by atoms with Crippen molar-refractivity contribution in [2.24, 2.45) is 0 Å². The fourth-order valence-corrected chi connectivity index (χ4v) is 1.91. The molecule has 2 nitrogen and oxygen atoms in total. The van der Waals surface area contributed by atoms with Crippen molar-refractivity contribution in [3.05, 3.63) is 29.6 Å². The Kier molecular flexibility index (Phi) is 5.99. The van der Waals surface area contributed by atoms with Crippen LogP contribution in [0.15, 0.2) is 18.3 Å². The number of hydrogen-bond acceptors (Lipinski definition) is 2. The zero-order valence-corrected chi connectivity index (χ0v) is 12.0. The summed E-state index contributed by atoms with van der Waals surface area (Å²) in [6, 6.07) is 4.70. The molecule has 0 aliphatic rings. The summed E-state index contributed by atoms with van der Waals surface area (Å²) in [7, 11) is 0. The lowest BCUT2D eigenvalue weighted by Crippen LogP contribution is -2.32. The molecular weight excluding hydrogens is 264 g/mol. The average Bonchev–Trinajstić information content (AvgIpc) is 2.26. The monoisotopic (exact) mass is 284 g/mol. The van der Waals surface area contributed by atoms with E-state index in [-0.39, 0.29) is 0 Å². The number of aromatic nitrogens is 1. The lowest BCUT2D eigenvalue weighted by atomic mass is 10.2. The zero-order chi connectivity index (χ0) is 12.0. The highest BCUT2D eigenvalue weighted by Crippen LogP contribution is 2.10. The molecule has 1 rings (SSSR count). The molecule has 0 aromatic carbocycles. The minimum absolute atomic E-state index is 0.570. The Labute approximate surface area is 107 Å². The van der Waals surface area contributed by atoms with Crippen LogP contribution in [0.5, 0.6) is 0 Å². The Hall–Kier alpha value is -0.410. The van der Waals surface area contributed by atoms with E-state index in [1.54, 1.807) is 0 Å². The van der Waals surface area contributed by atoms with Gasteiger partial charge in [-0.25, -0.2) is 0 Å². The van der Waals surface area contributed by atoms with Gasteiger partial charge in [-0.05, 0) is 45.4 Å². The van der Waals surface area contributed by atoms with Crippen molar-refractivity contribution in [2.75, 3.05) is 11.9 Å². The van der Waals surface area contributed by atoms with Gasteiger partial charge in [0, 0.05) is 24.1 Å². The van der Waals surface area contributed by atoms with Crippen molar-refractivity contribution < 1.29 is 0 Å². The van der Waals surface area contributed by atoms with E-state index in [1.165, 1.54) is 17.7 Å². The van der Waals surface area contributed by atoms with Gasteiger partial charge in [0.2, 0.25) is 0 Å². The molecule has 16 heavy (non-hydrogen) atoms. The maximum atomic E-state index is 4.46. The molecule has 0 fully saturated rings. The summed E-state index contributed by atoms with van der Waals surface area (Å²) in [5.41, 5.74) is 2.48. The third-order valence-corrected chi connectivity index (χ3v) is 3.34. The van der Waals surface area contributed by atoms with Crippen LogP contribution in [0, 0.1) is 6.92 Å². The summed E-state index contributed by atoms with van der Waals surface area (Å²) in [6.45, 7) is 8.70. The topological polar surface area (TPSA) is 16.1 Å². The molecule has 0 aliphatic heterocycles. The minimum atomic E-state index is 0.570. The van der Waals surface area contributed by atoms with Gasteiger partial charge >= 0.3 is 0 Å². The van der Waals surface area contributed by atoms with Gasteiger partial charge in [0.1, 0.15) is 0 Å². The number of alkyl halides is 1. The van der Waals surface area contributed by atoms with E-state index in [4.69, 9.17) is 0 Å². The number of rotatable bonds is 6. The summed E-state index contributed by atoms with van der Waals surface area (Å²) in [4.78, 5) is 6.92. The van der Waals surface area contributed by atoms with Gasteiger partial charge in [0.15, 0.2) is 0 Å². The number of pyridine rings is 1. The molecule has 0 radical (unpaired) electrons. The van der Waals surface area contributed by atoms with E-state index in [2.05, 4.69) is 52.7 Å². The van der Waals surface area contributed by atoms with E-state index in [1.807, 2.05) is 12.3 Å². The van der Waals surface area contributed by atoms with Gasteiger partial charge < -0.3 is 0 Å². The standard InChI is InChI=1S/C13H21BrN2/c1-11(2)16(9-5-7-14)10-13-12(3)6-4-8-15-13/h4,6,8,11H,5,7,9-10H2,1-3H3. The minimum Gasteiger partial charge on any atom is -0.295 e. The predicted octanol–water partition coefficient (Wildman–Crippen LogP) is 3.39. The summed E-state index contributed by atoms with van der Waals surface area (Å²) in [5, 5.41) is 1.07. The Bertz CT molecular complexity index is 313. The highest BCUT2D eigenvalue weighted by Gasteiger charge is 2.11. The lowest BCUT2D eigenvalue weighted by Gasteiger charge is -2.26. The Morgan fingerprint density at radius 1 is 1.44 bits per heavy atom. The summed E-state index contributed by atoms with van der Waals surface area (Å²) in [6.07, 6.45) is 3.06. The molecule has 0 N–H and O–H groups in total. The Balaban J connectivity index is 2.64. The van der Waals surface area contributed by atoms with Crippen LogP contribution in [0.4, 0.5) is 0 Å². The number of hydrogen-bond donors (Lipinski definition) is 0. The molecule has 0 atom stereocenters. The second-order valence-electron chi connectivity index (χ2n) is 4.37. The second kappa shape index (κ2) is 7.02. The van der Waals surface area contributed by atoms with Gasteiger partial charge in [-0.2, -0.15) is 0 Å². The average molecular weight is 285 g/mol. The molecule has 0 saturated carbocycles. The first-order valence-corrected chi connectivity index (χ1v) is 6.97. The van der Waals surface area contributed by atoms with Crippen LogP contribution in [0.1, 0.15) is 31.5 Å². The van der Waals surface area contributed by atoms with Gasteiger partial charge in [-0.3, -0.25) is 9.88 Å². The summed E-state index contributed by atoms with van der Waals surface area (Å²) >= 11 is 3.48. The normalized spacial score (nSPS) is 11.4. The van der Waals surface area contributed by atoms with E-state index in [0.717, 1.165) is 18.4 Å². The molecule has 1 aromatic heterocycles. The number of nitrogens with zero attached hydrogens (tertiary/aromatic N) is 2. The molecular formula is C13H21BrN2. The van der Waals surface area contributed by atoms with Crippen LogP contribution in [-0.2, 0) is 6.54 Å². The van der Waals surface area contributed by atoms with Crippen LogP contribution in [0.3, 0.4) is 0 Å². The highest BCUT2D eigenvalue weighted by molar-refractivity contribution is 9.09. The highest BCUT2D eigenvalue weighted by atomic mass is 79.9. The molecule has 3 heteroatoms. The van der Waals surface area contributed by atoms with Crippen LogP contribution in [-0.4, -0.2) is 27.8 Å². The molecule has 0 unspecified atom stereocenters. The van der Waals surface area contributed by atoms with Crippen molar-refractivity contribution in [3.63, 3.8) is 0 Å². The van der Waals surface area contributed by atoms with Crippen molar-refractivity contribution in [2.45, 2.75) is 39.8 Å². The zero-order valence-electron chi connectivity index (χ0n) is 10.4. The maximum Gasteiger partial charge on any atom is 0.0573 e. The molecule has 1 heterocycles. The lowest BCUT2D eigenvalue weighted by molar-refractivity contribution is 0.211. The molecule has 90 valence electrons. The number of halogens is 1. The van der Waals surface area contributed by atoms with Gasteiger partial charge in [-0.1, -0.05) is 22.0 Å². The third-order valence-electron chi connectivity index (χ3n) is 2.78. The van der Waals surface area contributed by atoms with Gasteiger partial charge in [-0.15, -0.1) is 0 Å². The van der Waals surface area contributed by atoms with E-state index in [9.17, 15) is 0 Å². The third kappa shape index (κ3) is 4.22. The van der Waals surface area contributed by atoms with E-state index < -0.39 is 0 Å². The molecule has 0 spiro atoms. The predicted molar refractivity (Wildman–Crippen MR) is 72.9 cm³/mol. The van der Waals surface area contributed by atoms with E-state index in [0.29, 0.717) is 6.04 Å². The summed E-state index contributed by atoms with van der Waals surface area (Å²) < 4.78 is 0. The first-order chi connectivity index (χ1) is 7.65. The number of aryl methyl sites for hydroxylation is 1. The van der Waals surface area contributed by atoms with Crippen molar-refractivity contribution in [1.29, 1.82) is 0 Å². The first kappa shape index (κ1) is 13.7. The van der Waals surface area contributed by atoms with Gasteiger partial charge in [0.05, 0.1) is 5.69 Å². The second-order valence-corrected chi connectivity index (χ2v) is 5.17. The summed E-state index contributed by atoms with van der Waals surface area (Å²) in [5.74, 6) is 0.